The Hall–Kier alpha value is -1.42. The van der Waals surface area contributed by atoms with Gasteiger partial charge in [0, 0.05) is 25.5 Å². The smallest absolute Gasteiger partial charge is 0.310 e. The van der Waals surface area contributed by atoms with E-state index in [1.54, 1.807) is 12.4 Å². The van der Waals surface area contributed by atoms with Gasteiger partial charge in [0.05, 0.1) is 13.0 Å². The summed E-state index contributed by atoms with van der Waals surface area (Å²) < 4.78 is 4.86. The average molecular weight is 264 g/mol. The third-order valence-electron chi connectivity index (χ3n) is 3.35. The summed E-state index contributed by atoms with van der Waals surface area (Å²) in [7, 11) is 3.49. The lowest BCUT2D eigenvalue weighted by atomic mass is 9.95. The van der Waals surface area contributed by atoms with Gasteiger partial charge in [-0.25, -0.2) is 0 Å². The molecule has 0 aliphatic rings. The minimum atomic E-state index is -0.120. The fourth-order valence-electron chi connectivity index (χ4n) is 2.01. The van der Waals surface area contributed by atoms with Crippen LogP contribution in [0.3, 0.4) is 0 Å². The first-order chi connectivity index (χ1) is 9.04. The molecule has 19 heavy (non-hydrogen) atoms. The Labute approximate surface area is 115 Å². The zero-order valence-corrected chi connectivity index (χ0v) is 12.3. The maximum Gasteiger partial charge on any atom is 0.310 e. The summed E-state index contributed by atoms with van der Waals surface area (Å²) in [5.74, 6) is 0.106. The Morgan fingerprint density at radius 2 is 2.00 bits per heavy atom. The number of carbonyl (C=O) groups is 1. The molecule has 0 spiro atoms. The maximum absolute atomic E-state index is 11.7. The van der Waals surface area contributed by atoms with E-state index in [2.05, 4.69) is 23.7 Å². The summed E-state index contributed by atoms with van der Waals surface area (Å²) in [5.41, 5.74) is 1.26. The van der Waals surface area contributed by atoms with Crippen LogP contribution in [-0.4, -0.2) is 43.1 Å². The van der Waals surface area contributed by atoms with Crippen LogP contribution in [0, 0.1) is 11.8 Å². The minimum Gasteiger partial charge on any atom is -0.469 e. The normalized spacial score (nSPS) is 12.7. The van der Waals surface area contributed by atoms with Crippen LogP contribution < -0.4 is 0 Å². The lowest BCUT2D eigenvalue weighted by Crippen LogP contribution is -2.35. The van der Waals surface area contributed by atoms with Gasteiger partial charge in [0.1, 0.15) is 0 Å². The van der Waals surface area contributed by atoms with E-state index in [4.69, 9.17) is 4.74 Å². The van der Waals surface area contributed by atoms with Gasteiger partial charge in [-0.15, -0.1) is 0 Å². The van der Waals surface area contributed by atoms with E-state index in [1.165, 1.54) is 12.7 Å². The molecule has 0 fully saturated rings. The second-order valence-electron chi connectivity index (χ2n) is 5.24. The molecule has 1 atom stereocenters. The van der Waals surface area contributed by atoms with Crippen molar-refractivity contribution in [3.05, 3.63) is 30.1 Å². The van der Waals surface area contributed by atoms with Crippen LogP contribution in [0.5, 0.6) is 0 Å². The van der Waals surface area contributed by atoms with Crippen LogP contribution in [0.4, 0.5) is 0 Å². The third-order valence-corrected chi connectivity index (χ3v) is 3.35. The first-order valence-corrected chi connectivity index (χ1v) is 6.70. The molecule has 0 radical (unpaired) electrons. The molecule has 1 aromatic heterocycles. The molecular formula is C15H24N2O2. The molecule has 4 heteroatoms. The predicted molar refractivity (Wildman–Crippen MR) is 75.8 cm³/mol. The Bertz CT molecular complexity index is 379. The largest absolute Gasteiger partial charge is 0.469 e. The number of hydrogen-bond donors (Lipinski definition) is 0. The van der Waals surface area contributed by atoms with Crippen molar-refractivity contribution in [2.24, 2.45) is 11.8 Å². The first-order valence-electron chi connectivity index (χ1n) is 6.70. The Balaban J connectivity index is 2.44. The summed E-state index contributed by atoms with van der Waals surface area (Å²) in [6.07, 6.45) is 4.58. The minimum absolute atomic E-state index is 0.0626. The van der Waals surface area contributed by atoms with Gasteiger partial charge in [-0.1, -0.05) is 13.8 Å². The molecule has 0 saturated carbocycles. The highest BCUT2D eigenvalue weighted by Crippen LogP contribution is 2.14. The van der Waals surface area contributed by atoms with Crippen molar-refractivity contribution in [2.75, 3.05) is 27.2 Å². The maximum atomic E-state index is 11.7. The monoisotopic (exact) mass is 264 g/mol. The van der Waals surface area contributed by atoms with Crippen LogP contribution >= 0.6 is 0 Å². The Morgan fingerprint density at radius 3 is 2.53 bits per heavy atom. The molecule has 1 heterocycles. The lowest BCUT2D eigenvalue weighted by molar-refractivity contribution is -0.147. The van der Waals surface area contributed by atoms with Crippen LogP contribution in [0.2, 0.25) is 0 Å². The highest BCUT2D eigenvalue weighted by atomic mass is 16.5. The number of nitrogens with zero attached hydrogens (tertiary/aromatic N) is 2. The molecule has 0 aliphatic carbocycles. The molecule has 0 aromatic carbocycles. The van der Waals surface area contributed by atoms with E-state index in [9.17, 15) is 4.79 Å². The average Bonchev–Trinajstić information content (AvgIpc) is 2.42. The fourth-order valence-corrected chi connectivity index (χ4v) is 2.01. The highest BCUT2D eigenvalue weighted by molar-refractivity contribution is 5.72. The predicted octanol–water partition coefficient (Wildman–Crippen LogP) is 2.00. The van der Waals surface area contributed by atoms with Gasteiger partial charge < -0.3 is 9.64 Å². The Morgan fingerprint density at radius 1 is 1.37 bits per heavy atom. The summed E-state index contributed by atoms with van der Waals surface area (Å²) in [6.45, 7) is 5.76. The first kappa shape index (κ1) is 15.6. The molecule has 0 bridgehead atoms. The van der Waals surface area contributed by atoms with Gasteiger partial charge in [0.25, 0.3) is 0 Å². The summed E-state index contributed by atoms with van der Waals surface area (Å²) in [5, 5.41) is 0. The number of ether oxygens (including phenoxy) is 1. The van der Waals surface area contributed by atoms with Crippen molar-refractivity contribution in [1.82, 2.24) is 9.88 Å². The molecule has 106 valence electrons. The summed E-state index contributed by atoms with van der Waals surface area (Å²) in [4.78, 5) is 17.9. The molecule has 0 amide bonds. The molecule has 0 saturated heterocycles. The van der Waals surface area contributed by atoms with Gasteiger partial charge in [-0.3, -0.25) is 9.78 Å². The summed E-state index contributed by atoms with van der Waals surface area (Å²) in [6, 6.07) is 4.04. The third kappa shape index (κ3) is 5.39. The molecular weight excluding hydrogens is 240 g/mol. The fraction of sp³-hybridized carbons (Fsp3) is 0.600. The quantitative estimate of drug-likeness (QED) is 0.706. The van der Waals surface area contributed by atoms with Crippen LogP contribution in [0.25, 0.3) is 0 Å². The number of aromatic nitrogens is 1. The standard InChI is InChI=1S/C15H24N2O2/c1-12(2)14(15(18)19-4)11-17(3)10-7-13-5-8-16-9-6-13/h5-6,8-9,12,14H,7,10-11H2,1-4H3. The van der Waals surface area contributed by atoms with Crippen molar-refractivity contribution < 1.29 is 9.53 Å². The van der Waals surface area contributed by atoms with Crippen molar-refractivity contribution in [1.29, 1.82) is 0 Å². The lowest BCUT2D eigenvalue weighted by Gasteiger charge is -2.24. The topological polar surface area (TPSA) is 42.4 Å². The van der Waals surface area contributed by atoms with E-state index >= 15 is 0 Å². The van der Waals surface area contributed by atoms with Crippen LogP contribution in [0.1, 0.15) is 19.4 Å². The zero-order chi connectivity index (χ0) is 14.3. The number of methoxy groups -OCH3 is 1. The SMILES string of the molecule is COC(=O)C(CN(C)CCc1ccncc1)C(C)C. The van der Waals surface area contributed by atoms with Crippen molar-refractivity contribution in [2.45, 2.75) is 20.3 Å². The molecule has 1 rings (SSSR count). The molecule has 1 aromatic rings. The van der Waals surface area contributed by atoms with Gasteiger partial charge in [-0.2, -0.15) is 0 Å². The second-order valence-corrected chi connectivity index (χ2v) is 5.24. The second kappa shape index (κ2) is 7.89. The van der Waals surface area contributed by atoms with E-state index in [0.29, 0.717) is 0 Å². The van der Waals surface area contributed by atoms with Crippen LogP contribution in [-0.2, 0) is 16.0 Å². The number of rotatable bonds is 7. The molecule has 0 aliphatic heterocycles. The van der Waals surface area contributed by atoms with Crippen molar-refractivity contribution in [3.63, 3.8) is 0 Å². The number of hydrogen-bond acceptors (Lipinski definition) is 4. The molecule has 1 unspecified atom stereocenters. The molecule has 0 N–H and O–H groups in total. The summed E-state index contributed by atoms with van der Waals surface area (Å²) >= 11 is 0. The van der Waals surface area contributed by atoms with E-state index in [1.807, 2.05) is 19.2 Å². The highest BCUT2D eigenvalue weighted by Gasteiger charge is 2.24. The zero-order valence-electron chi connectivity index (χ0n) is 12.3. The van der Waals surface area contributed by atoms with Crippen molar-refractivity contribution >= 4 is 5.97 Å². The van der Waals surface area contributed by atoms with Gasteiger partial charge in [0.2, 0.25) is 0 Å². The number of likely N-dealkylation sites (N-methyl/N-ethyl adjacent to an activating group) is 1. The van der Waals surface area contributed by atoms with Gasteiger partial charge in [0.15, 0.2) is 0 Å². The Kier molecular flexibility index (Phi) is 6.50. The van der Waals surface area contributed by atoms with E-state index in [0.717, 1.165) is 19.5 Å². The number of pyridine rings is 1. The van der Waals surface area contributed by atoms with Crippen LogP contribution in [0.15, 0.2) is 24.5 Å². The van der Waals surface area contributed by atoms with E-state index in [-0.39, 0.29) is 17.8 Å². The number of esters is 1. The van der Waals surface area contributed by atoms with Crippen molar-refractivity contribution in [3.8, 4) is 0 Å². The van der Waals surface area contributed by atoms with Gasteiger partial charge >= 0.3 is 5.97 Å². The van der Waals surface area contributed by atoms with E-state index < -0.39 is 0 Å². The number of carbonyl (C=O) groups excluding carboxylic acids is 1. The molecule has 4 nitrogen and oxygen atoms in total. The van der Waals surface area contributed by atoms with Gasteiger partial charge in [-0.05, 0) is 37.1 Å².